The fourth-order valence-electron chi connectivity index (χ4n) is 2.81. The third-order valence-electron chi connectivity index (χ3n) is 3.78. The molecule has 0 saturated carbocycles. The average Bonchev–Trinajstić information content (AvgIpc) is 2.59. The van der Waals surface area contributed by atoms with E-state index in [1.807, 2.05) is 30.3 Å². The molecule has 0 fully saturated rings. The van der Waals surface area contributed by atoms with Gasteiger partial charge in [-0.3, -0.25) is 0 Å². The number of halogens is 1. The molecule has 2 aromatic carbocycles. The number of nitriles is 1. The van der Waals surface area contributed by atoms with Crippen molar-refractivity contribution in [2.45, 2.75) is 19.3 Å². The van der Waals surface area contributed by atoms with Crippen LogP contribution in [0.5, 0.6) is 0 Å². The standard InChI is InChI=1S/C16H12ClN/c1-16(2)12-4-3-5-14(17)15(12)11-7-6-10(9-18)8-13(11)16/h3-8H,1-2H3. The molecule has 0 aliphatic heterocycles. The average molecular weight is 254 g/mol. The zero-order valence-electron chi connectivity index (χ0n) is 10.3. The Balaban J connectivity index is 2.40. The Morgan fingerprint density at radius 2 is 1.89 bits per heavy atom. The minimum absolute atomic E-state index is 0.0948. The first-order valence-electron chi connectivity index (χ1n) is 5.89. The van der Waals surface area contributed by atoms with E-state index in [0.717, 1.165) is 16.1 Å². The highest BCUT2D eigenvalue weighted by molar-refractivity contribution is 6.33. The molecule has 0 amide bonds. The molecule has 3 rings (SSSR count). The van der Waals surface area contributed by atoms with Crippen LogP contribution in [0.1, 0.15) is 30.5 Å². The Morgan fingerprint density at radius 1 is 1.11 bits per heavy atom. The lowest BCUT2D eigenvalue weighted by molar-refractivity contribution is 0.660. The van der Waals surface area contributed by atoms with Crippen molar-refractivity contribution in [3.8, 4) is 17.2 Å². The summed E-state index contributed by atoms with van der Waals surface area (Å²) in [6.45, 7) is 4.35. The van der Waals surface area contributed by atoms with E-state index in [4.69, 9.17) is 16.9 Å². The lowest BCUT2D eigenvalue weighted by Crippen LogP contribution is -2.15. The first-order valence-corrected chi connectivity index (χ1v) is 6.27. The van der Waals surface area contributed by atoms with Crippen molar-refractivity contribution < 1.29 is 0 Å². The van der Waals surface area contributed by atoms with E-state index < -0.39 is 0 Å². The van der Waals surface area contributed by atoms with Gasteiger partial charge in [0.1, 0.15) is 0 Å². The van der Waals surface area contributed by atoms with Crippen molar-refractivity contribution in [3.05, 3.63) is 58.1 Å². The van der Waals surface area contributed by atoms with Crippen LogP contribution in [0.15, 0.2) is 36.4 Å². The van der Waals surface area contributed by atoms with Gasteiger partial charge in [-0.25, -0.2) is 0 Å². The van der Waals surface area contributed by atoms with E-state index in [-0.39, 0.29) is 5.41 Å². The van der Waals surface area contributed by atoms with Crippen LogP contribution in [-0.4, -0.2) is 0 Å². The Bertz CT molecular complexity index is 693. The van der Waals surface area contributed by atoms with Gasteiger partial charge >= 0.3 is 0 Å². The second kappa shape index (κ2) is 3.60. The van der Waals surface area contributed by atoms with Gasteiger partial charge in [0.25, 0.3) is 0 Å². The predicted octanol–water partition coefficient (Wildman–Crippen LogP) is 4.52. The molecule has 0 aromatic heterocycles. The summed E-state index contributed by atoms with van der Waals surface area (Å²) in [6.07, 6.45) is 0. The molecule has 18 heavy (non-hydrogen) atoms. The third-order valence-corrected chi connectivity index (χ3v) is 4.09. The van der Waals surface area contributed by atoms with Crippen LogP contribution in [0.3, 0.4) is 0 Å². The molecule has 0 bridgehead atoms. The monoisotopic (exact) mass is 253 g/mol. The summed E-state index contributed by atoms with van der Waals surface area (Å²) in [4.78, 5) is 0. The van der Waals surface area contributed by atoms with Crippen LogP contribution < -0.4 is 0 Å². The van der Waals surface area contributed by atoms with Gasteiger partial charge < -0.3 is 0 Å². The van der Waals surface area contributed by atoms with Gasteiger partial charge in [0.2, 0.25) is 0 Å². The highest BCUT2D eigenvalue weighted by Gasteiger charge is 2.36. The largest absolute Gasteiger partial charge is 0.192 e. The zero-order chi connectivity index (χ0) is 12.9. The topological polar surface area (TPSA) is 23.8 Å². The summed E-state index contributed by atoms with van der Waals surface area (Å²) in [5.41, 5.74) is 5.29. The number of nitrogens with zero attached hydrogens (tertiary/aromatic N) is 1. The molecule has 0 atom stereocenters. The smallest absolute Gasteiger partial charge is 0.0991 e. The number of rotatable bonds is 0. The summed E-state index contributed by atoms with van der Waals surface area (Å²) in [5, 5.41) is 9.82. The Labute approximate surface area is 112 Å². The maximum Gasteiger partial charge on any atom is 0.0991 e. The highest BCUT2D eigenvalue weighted by atomic mass is 35.5. The summed E-state index contributed by atoms with van der Waals surface area (Å²) in [7, 11) is 0. The Hall–Kier alpha value is -1.78. The van der Waals surface area contributed by atoms with Crippen molar-refractivity contribution in [2.75, 3.05) is 0 Å². The van der Waals surface area contributed by atoms with Gasteiger partial charge in [-0.2, -0.15) is 5.26 Å². The lowest BCUT2D eigenvalue weighted by Gasteiger charge is -2.21. The fourth-order valence-corrected chi connectivity index (χ4v) is 3.09. The summed E-state index contributed by atoms with van der Waals surface area (Å²) in [6, 6.07) is 14.1. The molecule has 88 valence electrons. The van der Waals surface area contributed by atoms with Gasteiger partial charge in [-0.05, 0) is 34.9 Å². The van der Waals surface area contributed by atoms with Crippen LogP contribution in [-0.2, 0) is 5.41 Å². The second-order valence-corrected chi connectivity index (χ2v) is 5.57. The van der Waals surface area contributed by atoms with E-state index in [9.17, 15) is 0 Å². The summed E-state index contributed by atoms with van der Waals surface area (Å²) in [5.74, 6) is 0. The van der Waals surface area contributed by atoms with Gasteiger partial charge in [-0.1, -0.05) is 43.6 Å². The molecule has 0 spiro atoms. The third kappa shape index (κ3) is 1.33. The number of benzene rings is 2. The first kappa shape index (κ1) is 11.3. The van der Waals surface area contributed by atoms with E-state index in [1.54, 1.807) is 0 Å². The maximum absolute atomic E-state index is 9.03. The van der Waals surface area contributed by atoms with Gasteiger partial charge in [0.15, 0.2) is 0 Å². The molecule has 0 N–H and O–H groups in total. The molecule has 0 saturated heterocycles. The maximum atomic E-state index is 9.03. The molecule has 0 radical (unpaired) electrons. The van der Waals surface area contributed by atoms with Crippen molar-refractivity contribution in [3.63, 3.8) is 0 Å². The minimum Gasteiger partial charge on any atom is -0.192 e. The van der Waals surface area contributed by atoms with Crippen molar-refractivity contribution >= 4 is 11.6 Å². The van der Waals surface area contributed by atoms with Crippen molar-refractivity contribution in [2.24, 2.45) is 0 Å². The van der Waals surface area contributed by atoms with E-state index in [2.05, 4.69) is 26.0 Å². The van der Waals surface area contributed by atoms with Crippen LogP contribution >= 0.6 is 11.6 Å². The summed E-state index contributed by atoms with van der Waals surface area (Å²) < 4.78 is 0. The molecule has 1 aliphatic rings. The number of hydrogen-bond acceptors (Lipinski definition) is 1. The lowest BCUT2D eigenvalue weighted by atomic mass is 9.82. The van der Waals surface area contributed by atoms with Crippen molar-refractivity contribution in [1.82, 2.24) is 0 Å². The zero-order valence-corrected chi connectivity index (χ0v) is 11.0. The second-order valence-electron chi connectivity index (χ2n) is 5.16. The fraction of sp³-hybridized carbons (Fsp3) is 0.188. The summed E-state index contributed by atoms with van der Waals surface area (Å²) >= 11 is 6.33. The normalized spacial score (nSPS) is 14.8. The molecule has 0 unspecified atom stereocenters. The van der Waals surface area contributed by atoms with E-state index in [1.165, 1.54) is 11.1 Å². The quantitative estimate of drug-likeness (QED) is 0.677. The molecule has 2 aromatic rings. The molecule has 1 aliphatic carbocycles. The van der Waals surface area contributed by atoms with E-state index >= 15 is 0 Å². The van der Waals surface area contributed by atoms with Crippen molar-refractivity contribution in [1.29, 1.82) is 5.26 Å². The highest BCUT2D eigenvalue weighted by Crippen LogP contribution is 2.51. The van der Waals surface area contributed by atoms with Gasteiger partial charge in [-0.15, -0.1) is 0 Å². The van der Waals surface area contributed by atoms with Crippen LogP contribution in [0.2, 0.25) is 5.02 Å². The van der Waals surface area contributed by atoms with E-state index in [0.29, 0.717) is 5.56 Å². The van der Waals surface area contributed by atoms with Gasteiger partial charge in [0.05, 0.1) is 11.6 Å². The molecule has 0 heterocycles. The van der Waals surface area contributed by atoms with Crippen LogP contribution in [0, 0.1) is 11.3 Å². The Morgan fingerprint density at radius 3 is 2.61 bits per heavy atom. The number of hydrogen-bond donors (Lipinski definition) is 0. The number of fused-ring (bicyclic) bond motifs is 3. The van der Waals surface area contributed by atoms with Gasteiger partial charge in [0, 0.05) is 16.0 Å². The van der Waals surface area contributed by atoms with Crippen LogP contribution in [0.4, 0.5) is 0 Å². The van der Waals surface area contributed by atoms with Crippen LogP contribution in [0.25, 0.3) is 11.1 Å². The Kier molecular flexibility index (Phi) is 2.27. The minimum atomic E-state index is -0.0948. The molecule has 1 nitrogen and oxygen atoms in total. The molecule has 2 heteroatoms. The first-order chi connectivity index (χ1) is 8.55. The SMILES string of the molecule is CC1(C)c2cc(C#N)ccc2-c2c(Cl)cccc21. The predicted molar refractivity (Wildman–Crippen MR) is 73.7 cm³/mol. The molecular formula is C16H12ClN. The molecular weight excluding hydrogens is 242 g/mol.